The maximum Gasteiger partial charge on any atom is 0.268 e. The van der Waals surface area contributed by atoms with Crippen molar-refractivity contribution < 1.29 is 14.7 Å². The predicted octanol–water partition coefficient (Wildman–Crippen LogP) is 1.79. The second-order valence-corrected chi connectivity index (χ2v) is 4.76. The summed E-state index contributed by atoms with van der Waals surface area (Å²) in [6.45, 7) is 0. The number of aliphatic hydroxyl groups excluding tert-OH is 1. The van der Waals surface area contributed by atoms with Gasteiger partial charge in [0, 0.05) is 16.1 Å². The van der Waals surface area contributed by atoms with Crippen molar-refractivity contribution in [2.24, 2.45) is 5.73 Å². The van der Waals surface area contributed by atoms with Gasteiger partial charge in [0.25, 0.3) is 5.91 Å². The number of nitrogens with two attached hydrogens (primary N) is 1. The zero-order valence-corrected chi connectivity index (χ0v) is 11.7. The van der Waals surface area contributed by atoms with Crippen molar-refractivity contribution >= 4 is 29.0 Å². The van der Waals surface area contributed by atoms with Gasteiger partial charge in [0.15, 0.2) is 12.0 Å². The molecule has 2 rings (SSSR count). The Kier molecular flexibility index (Phi) is 4.70. The van der Waals surface area contributed by atoms with Crippen LogP contribution in [0.15, 0.2) is 48.5 Å². The van der Waals surface area contributed by atoms with Crippen LogP contribution < -0.4 is 11.1 Å². The van der Waals surface area contributed by atoms with Crippen molar-refractivity contribution in [3.05, 3.63) is 64.7 Å². The standard InChI is InChI=1S/C15H13ClN2O3/c16-10-6-7-12(18-15(21)14(17)20)11(8-10)13(19)9-4-2-1-3-5-9/h1-8,14,20H,17H2,(H,18,21). The van der Waals surface area contributed by atoms with Gasteiger partial charge < -0.3 is 10.4 Å². The van der Waals surface area contributed by atoms with Crippen molar-refractivity contribution in [2.75, 3.05) is 5.32 Å². The minimum atomic E-state index is -1.67. The van der Waals surface area contributed by atoms with Crippen LogP contribution in [-0.4, -0.2) is 23.0 Å². The summed E-state index contributed by atoms with van der Waals surface area (Å²) in [7, 11) is 0. The summed E-state index contributed by atoms with van der Waals surface area (Å²) in [5.41, 5.74) is 6.01. The Hall–Kier alpha value is -2.21. The molecule has 0 aliphatic heterocycles. The van der Waals surface area contributed by atoms with Crippen LogP contribution in [0.3, 0.4) is 0 Å². The Morgan fingerprint density at radius 1 is 1.14 bits per heavy atom. The van der Waals surface area contributed by atoms with Gasteiger partial charge in [-0.25, -0.2) is 0 Å². The van der Waals surface area contributed by atoms with Crippen molar-refractivity contribution in [3.8, 4) is 0 Å². The van der Waals surface area contributed by atoms with Crippen LogP contribution in [0.25, 0.3) is 0 Å². The van der Waals surface area contributed by atoms with Crippen molar-refractivity contribution in [3.63, 3.8) is 0 Å². The first kappa shape index (κ1) is 15.2. The minimum Gasteiger partial charge on any atom is -0.370 e. The SMILES string of the molecule is NC(O)C(=O)Nc1ccc(Cl)cc1C(=O)c1ccccc1. The maximum atomic E-state index is 12.5. The van der Waals surface area contributed by atoms with Gasteiger partial charge in [0.1, 0.15) is 0 Å². The summed E-state index contributed by atoms with van der Waals surface area (Å²) >= 11 is 5.91. The zero-order valence-electron chi connectivity index (χ0n) is 10.9. The monoisotopic (exact) mass is 304 g/mol. The topological polar surface area (TPSA) is 92.4 Å². The molecule has 0 aliphatic rings. The molecule has 0 bridgehead atoms. The van der Waals surface area contributed by atoms with Crippen LogP contribution in [0.2, 0.25) is 5.02 Å². The molecule has 4 N–H and O–H groups in total. The number of anilines is 1. The average molecular weight is 305 g/mol. The summed E-state index contributed by atoms with van der Waals surface area (Å²) in [6, 6.07) is 13.1. The van der Waals surface area contributed by atoms with Crippen molar-refractivity contribution in [1.29, 1.82) is 0 Å². The van der Waals surface area contributed by atoms with Crippen LogP contribution in [0, 0.1) is 0 Å². The van der Waals surface area contributed by atoms with Crippen LogP contribution in [0.4, 0.5) is 5.69 Å². The molecule has 5 nitrogen and oxygen atoms in total. The van der Waals surface area contributed by atoms with E-state index in [0.717, 1.165) is 0 Å². The number of halogens is 1. The van der Waals surface area contributed by atoms with E-state index in [-0.39, 0.29) is 17.0 Å². The van der Waals surface area contributed by atoms with E-state index in [1.807, 2.05) is 0 Å². The van der Waals surface area contributed by atoms with Crippen LogP contribution in [-0.2, 0) is 4.79 Å². The third-order valence-electron chi connectivity index (χ3n) is 2.79. The van der Waals surface area contributed by atoms with Gasteiger partial charge in [0.05, 0.1) is 5.69 Å². The lowest BCUT2D eigenvalue weighted by atomic mass is 10.0. The fourth-order valence-corrected chi connectivity index (χ4v) is 1.94. The lowest BCUT2D eigenvalue weighted by molar-refractivity contribution is -0.123. The van der Waals surface area contributed by atoms with E-state index in [4.69, 9.17) is 22.4 Å². The molecule has 0 aromatic heterocycles. The fraction of sp³-hybridized carbons (Fsp3) is 0.0667. The molecule has 2 aromatic carbocycles. The second-order valence-electron chi connectivity index (χ2n) is 4.32. The molecule has 1 atom stereocenters. The molecule has 0 spiro atoms. The van der Waals surface area contributed by atoms with Gasteiger partial charge in [-0.15, -0.1) is 0 Å². The zero-order chi connectivity index (χ0) is 15.4. The van der Waals surface area contributed by atoms with Crippen molar-refractivity contribution in [2.45, 2.75) is 6.23 Å². The maximum absolute atomic E-state index is 12.5. The number of aliphatic hydroxyl groups is 1. The molecule has 6 heteroatoms. The van der Waals surface area contributed by atoms with Gasteiger partial charge in [-0.2, -0.15) is 0 Å². The second kappa shape index (κ2) is 6.49. The quantitative estimate of drug-likeness (QED) is 0.593. The molecule has 0 heterocycles. The molecule has 1 unspecified atom stereocenters. The molecule has 21 heavy (non-hydrogen) atoms. The first-order valence-corrected chi connectivity index (χ1v) is 6.50. The van der Waals surface area contributed by atoms with Crippen molar-refractivity contribution in [1.82, 2.24) is 0 Å². The summed E-state index contributed by atoms with van der Waals surface area (Å²) < 4.78 is 0. The summed E-state index contributed by atoms with van der Waals surface area (Å²) in [4.78, 5) is 23.9. The summed E-state index contributed by atoms with van der Waals surface area (Å²) in [6.07, 6.45) is -1.67. The number of hydrogen-bond donors (Lipinski definition) is 3. The van der Waals surface area contributed by atoms with E-state index in [2.05, 4.69) is 5.32 Å². The van der Waals surface area contributed by atoms with Gasteiger partial charge in [0.2, 0.25) is 0 Å². The fourth-order valence-electron chi connectivity index (χ4n) is 1.77. The van der Waals surface area contributed by atoms with E-state index in [1.54, 1.807) is 30.3 Å². The average Bonchev–Trinajstić information content (AvgIpc) is 2.49. The number of rotatable bonds is 4. The third kappa shape index (κ3) is 3.66. The number of carbonyl (C=O) groups is 2. The number of hydrogen-bond acceptors (Lipinski definition) is 4. The number of carbonyl (C=O) groups excluding carboxylic acids is 2. The summed E-state index contributed by atoms with van der Waals surface area (Å²) in [5, 5.41) is 11.8. The third-order valence-corrected chi connectivity index (χ3v) is 3.02. The molecule has 108 valence electrons. The molecule has 0 radical (unpaired) electrons. The Bertz CT molecular complexity index is 672. The molecular weight excluding hydrogens is 292 g/mol. The van der Waals surface area contributed by atoms with E-state index >= 15 is 0 Å². The highest BCUT2D eigenvalue weighted by molar-refractivity contribution is 6.31. The molecule has 0 fully saturated rings. The largest absolute Gasteiger partial charge is 0.370 e. The lowest BCUT2D eigenvalue weighted by Gasteiger charge is -2.12. The molecule has 0 aliphatic carbocycles. The van der Waals surface area contributed by atoms with E-state index in [1.165, 1.54) is 18.2 Å². The smallest absolute Gasteiger partial charge is 0.268 e. The molecule has 0 saturated heterocycles. The molecule has 2 aromatic rings. The van der Waals surface area contributed by atoms with Gasteiger partial charge in [-0.05, 0) is 18.2 Å². The molecule has 0 saturated carbocycles. The number of ketones is 1. The Labute approximate surface area is 126 Å². The predicted molar refractivity (Wildman–Crippen MR) is 80.2 cm³/mol. The highest BCUT2D eigenvalue weighted by atomic mass is 35.5. The highest BCUT2D eigenvalue weighted by Gasteiger charge is 2.17. The Morgan fingerprint density at radius 3 is 2.43 bits per heavy atom. The minimum absolute atomic E-state index is 0.225. The number of benzene rings is 2. The van der Waals surface area contributed by atoms with Crippen LogP contribution in [0.1, 0.15) is 15.9 Å². The number of nitrogens with one attached hydrogen (secondary N) is 1. The van der Waals surface area contributed by atoms with Crippen LogP contribution >= 0.6 is 11.6 Å². The van der Waals surface area contributed by atoms with E-state index in [0.29, 0.717) is 10.6 Å². The Morgan fingerprint density at radius 2 is 1.81 bits per heavy atom. The lowest BCUT2D eigenvalue weighted by Crippen LogP contribution is -2.35. The van der Waals surface area contributed by atoms with Gasteiger partial charge in [-0.3, -0.25) is 15.3 Å². The molecule has 1 amide bonds. The van der Waals surface area contributed by atoms with Gasteiger partial charge in [-0.1, -0.05) is 41.9 Å². The normalized spacial score (nSPS) is 11.8. The van der Waals surface area contributed by atoms with E-state index in [9.17, 15) is 9.59 Å². The summed E-state index contributed by atoms with van der Waals surface area (Å²) in [5.74, 6) is -1.10. The molecular formula is C15H13ClN2O3. The first-order valence-electron chi connectivity index (χ1n) is 6.13. The van der Waals surface area contributed by atoms with Gasteiger partial charge >= 0.3 is 0 Å². The number of amides is 1. The van der Waals surface area contributed by atoms with E-state index < -0.39 is 12.1 Å². The first-order chi connectivity index (χ1) is 9.99. The van der Waals surface area contributed by atoms with Crippen LogP contribution in [0.5, 0.6) is 0 Å². The highest BCUT2D eigenvalue weighted by Crippen LogP contribution is 2.23. The Balaban J connectivity index is 2.40.